The average molecular weight is 285 g/mol. The van der Waals surface area contributed by atoms with E-state index in [4.69, 9.17) is 14.2 Å². The molecule has 2 fully saturated rings. The normalized spacial score (nSPS) is 28.2. The Morgan fingerprint density at radius 2 is 2.20 bits per heavy atom. The Kier molecular flexibility index (Phi) is 6.76. The Balaban J connectivity index is 1.63. The standard InChI is InChI=1S/C15H27NO4/c1-2-18-15(17)13-6-5-8-16(12-13)9-11-20-14-7-3-4-10-19-14/h13-14H,2-12H2,1H3/t13-,14?/m1/s1. The number of carbonyl (C=O) groups excluding carboxylic acids is 1. The van der Waals surface area contributed by atoms with Crippen molar-refractivity contribution >= 4 is 5.97 Å². The van der Waals surface area contributed by atoms with Crippen LogP contribution in [-0.4, -0.2) is 56.6 Å². The maximum Gasteiger partial charge on any atom is 0.310 e. The highest BCUT2D eigenvalue weighted by Crippen LogP contribution is 2.18. The highest BCUT2D eigenvalue weighted by molar-refractivity contribution is 5.72. The number of piperidine rings is 1. The molecule has 0 N–H and O–H groups in total. The Morgan fingerprint density at radius 3 is 2.95 bits per heavy atom. The van der Waals surface area contributed by atoms with Crippen LogP contribution in [-0.2, 0) is 19.0 Å². The zero-order valence-corrected chi connectivity index (χ0v) is 12.5. The molecular formula is C15H27NO4. The van der Waals surface area contributed by atoms with Gasteiger partial charge in [0.2, 0.25) is 0 Å². The number of nitrogens with zero attached hydrogens (tertiary/aromatic N) is 1. The fourth-order valence-corrected chi connectivity index (χ4v) is 2.87. The van der Waals surface area contributed by atoms with Gasteiger partial charge < -0.3 is 19.1 Å². The number of likely N-dealkylation sites (tertiary alicyclic amines) is 1. The van der Waals surface area contributed by atoms with Gasteiger partial charge in [0.1, 0.15) is 0 Å². The summed E-state index contributed by atoms with van der Waals surface area (Å²) < 4.78 is 16.4. The van der Waals surface area contributed by atoms with Gasteiger partial charge in [-0.05, 0) is 45.6 Å². The zero-order chi connectivity index (χ0) is 14.2. The smallest absolute Gasteiger partial charge is 0.310 e. The van der Waals surface area contributed by atoms with Crippen LogP contribution in [0.3, 0.4) is 0 Å². The van der Waals surface area contributed by atoms with Gasteiger partial charge in [-0.25, -0.2) is 0 Å². The highest BCUT2D eigenvalue weighted by atomic mass is 16.7. The van der Waals surface area contributed by atoms with E-state index in [2.05, 4.69) is 4.90 Å². The van der Waals surface area contributed by atoms with Gasteiger partial charge in [0.15, 0.2) is 6.29 Å². The van der Waals surface area contributed by atoms with Crippen LogP contribution in [0.2, 0.25) is 0 Å². The molecule has 20 heavy (non-hydrogen) atoms. The first-order valence-electron chi connectivity index (χ1n) is 7.91. The molecule has 2 aliphatic heterocycles. The van der Waals surface area contributed by atoms with Gasteiger partial charge in [0.05, 0.1) is 19.1 Å². The Morgan fingerprint density at radius 1 is 1.30 bits per heavy atom. The van der Waals surface area contributed by atoms with E-state index in [0.717, 1.165) is 51.9 Å². The fourth-order valence-electron chi connectivity index (χ4n) is 2.87. The summed E-state index contributed by atoms with van der Waals surface area (Å²) in [7, 11) is 0. The van der Waals surface area contributed by atoms with E-state index in [1.165, 1.54) is 6.42 Å². The summed E-state index contributed by atoms with van der Waals surface area (Å²) in [6.07, 6.45) is 5.33. The topological polar surface area (TPSA) is 48.0 Å². The monoisotopic (exact) mass is 285 g/mol. The molecular weight excluding hydrogens is 258 g/mol. The van der Waals surface area contributed by atoms with Crippen molar-refractivity contribution in [2.24, 2.45) is 5.92 Å². The summed E-state index contributed by atoms with van der Waals surface area (Å²) in [6.45, 7) is 6.54. The molecule has 5 heteroatoms. The minimum absolute atomic E-state index is 0.0191. The molecule has 2 rings (SSSR count). The minimum Gasteiger partial charge on any atom is -0.466 e. The molecule has 0 aliphatic carbocycles. The molecule has 0 aromatic heterocycles. The summed E-state index contributed by atoms with van der Waals surface area (Å²) in [4.78, 5) is 14.1. The van der Waals surface area contributed by atoms with Crippen molar-refractivity contribution in [2.45, 2.75) is 45.3 Å². The van der Waals surface area contributed by atoms with E-state index in [0.29, 0.717) is 13.2 Å². The average Bonchev–Trinajstić information content (AvgIpc) is 2.49. The first kappa shape index (κ1) is 15.7. The molecule has 0 amide bonds. The summed E-state index contributed by atoms with van der Waals surface area (Å²) in [5, 5.41) is 0. The van der Waals surface area contributed by atoms with Crippen LogP contribution < -0.4 is 0 Å². The van der Waals surface area contributed by atoms with Gasteiger partial charge in [-0.2, -0.15) is 0 Å². The predicted octanol–water partition coefficient (Wildman–Crippen LogP) is 1.80. The molecule has 0 spiro atoms. The van der Waals surface area contributed by atoms with E-state index >= 15 is 0 Å². The van der Waals surface area contributed by atoms with Gasteiger partial charge >= 0.3 is 5.97 Å². The molecule has 2 aliphatic rings. The fraction of sp³-hybridized carbons (Fsp3) is 0.933. The summed E-state index contributed by atoms with van der Waals surface area (Å²) in [5.41, 5.74) is 0. The van der Waals surface area contributed by atoms with Crippen molar-refractivity contribution in [1.82, 2.24) is 4.90 Å². The third-order valence-electron chi connectivity index (χ3n) is 3.97. The highest BCUT2D eigenvalue weighted by Gasteiger charge is 2.26. The van der Waals surface area contributed by atoms with Crippen LogP contribution in [0.5, 0.6) is 0 Å². The molecule has 1 unspecified atom stereocenters. The van der Waals surface area contributed by atoms with Crippen molar-refractivity contribution in [3.05, 3.63) is 0 Å². The van der Waals surface area contributed by atoms with Gasteiger partial charge in [0, 0.05) is 19.7 Å². The molecule has 2 atom stereocenters. The number of hydrogen-bond acceptors (Lipinski definition) is 5. The molecule has 116 valence electrons. The number of hydrogen-bond donors (Lipinski definition) is 0. The van der Waals surface area contributed by atoms with E-state index in [9.17, 15) is 4.79 Å². The number of rotatable bonds is 6. The third-order valence-corrected chi connectivity index (χ3v) is 3.97. The Labute approximate surface area is 121 Å². The maximum absolute atomic E-state index is 11.8. The second-order valence-corrected chi connectivity index (χ2v) is 5.56. The molecule has 0 saturated carbocycles. The Bertz CT molecular complexity index is 292. The summed E-state index contributed by atoms with van der Waals surface area (Å²) >= 11 is 0. The third kappa shape index (κ3) is 5.04. The molecule has 0 bridgehead atoms. The summed E-state index contributed by atoms with van der Waals surface area (Å²) in [6, 6.07) is 0. The van der Waals surface area contributed by atoms with Crippen LogP contribution in [0.25, 0.3) is 0 Å². The van der Waals surface area contributed by atoms with Gasteiger partial charge in [-0.1, -0.05) is 0 Å². The molecule has 0 aromatic carbocycles. The van der Waals surface area contributed by atoms with E-state index in [1.54, 1.807) is 0 Å². The van der Waals surface area contributed by atoms with Crippen LogP contribution >= 0.6 is 0 Å². The van der Waals surface area contributed by atoms with Gasteiger partial charge in [0.25, 0.3) is 0 Å². The summed E-state index contributed by atoms with van der Waals surface area (Å²) in [5.74, 6) is -0.0108. The second kappa shape index (κ2) is 8.60. The van der Waals surface area contributed by atoms with Crippen molar-refractivity contribution in [3.63, 3.8) is 0 Å². The minimum atomic E-state index is -0.0475. The van der Waals surface area contributed by atoms with E-state index in [1.807, 2.05) is 6.92 Å². The molecule has 0 aromatic rings. The van der Waals surface area contributed by atoms with Crippen molar-refractivity contribution < 1.29 is 19.0 Å². The van der Waals surface area contributed by atoms with Crippen molar-refractivity contribution in [3.8, 4) is 0 Å². The SMILES string of the molecule is CCOC(=O)[C@@H]1CCCN(CCOC2CCCCO2)C1. The maximum atomic E-state index is 11.8. The molecule has 5 nitrogen and oxygen atoms in total. The lowest BCUT2D eigenvalue weighted by atomic mass is 9.98. The first-order chi connectivity index (χ1) is 9.79. The second-order valence-electron chi connectivity index (χ2n) is 5.56. The quantitative estimate of drug-likeness (QED) is 0.697. The van der Waals surface area contributed by atoms with Crippen molar-refractivity contribution in [2.75, 3.05) is 39.5 Å². The molecule has 0 radical (unpaired) electrons. The largest absolute Gasteiger partial charge is 0.466 e. The first-order valence-corrected chi connectivity index (χ1v) is 7.91. The van der Waals surface area contributed by atoms with Gasteiger partial charge in [-0.15, -0.1) is 0 Å². The zero-order valence-electron chi connectivity index (χ0n) is 12.5. The molecule has 2 saturated heterocycles. The lowest BCUT2D eigenvalue weighted by Crippen LogP contribution is -2.41. The van der Waals surface area contributed by atoms with Crippen LogP contribution in [0.15, 0.2) is 0 Å². The van der Waals surface area contributed by atoms with Gasteiger partial charge in [-0.3, -0.25) is 4.79 Å². The Hall–Kier alpha value is -0.650. The van der Waals surface area contributed by atoms with Crippen LogP contribution in [0, 0.1) is 5.92 Å². The lowest BCUT2D eigenvalue weighted by Gasteiger charge is -2.32. The lowest BCUT2D eigenvalue weighted by molar-refractivity contribution is -0.165. The van der Waals surface area contributed by atoms with E-state index in [-0.39, 0.29) is 18.2 Å². The van der Waals surface area contributed by atoms with Crippen LogP contribution in [0.1, 0.15) is 39.0 Å². The van der Waals surface area contributed by atoms with Crippen LogP contribution in [0.4, 0.5) is 0 Å². The number of esters is 1. The van der Waals surface area contributed by atoms with Crippen molar-refractivity contribution in [1.29, 1.82) is 0 Å². The number of ether oxygens (including phenoxy) is 3. The number of carbonyl (C=O) groups is 1. The predicted molar refractivity (Wildman–Crippen MR) is 75.3 cm³/mol. The van der Waals surface area contributed by atoms with E-state index < -0.39 is 0 Å². The molecule has 2 heterocycles.